The lowest BCUT2D eigenvalue weighted by molar-refractivity contribution is -0.384. The number of nitrogens with zero attached hydrogens (tertiary/aromatic N) is 2. The zero-order valence-corrected chi connectivity index (χ0v) is 21.7. The van der Waals surface area contributed by atoms with Gasteiger partial charge in [-0.1, -0.05) is 42.5 Å². The number of amides is 1. The highest BCUT2D eigenvalue weighted by atomic mass is 16.6. The summed E-state index contributed by atoms with van der Waals surface area (Å²) in [6.45, 7) is 4.89. The predicted octanol–water partition coefficient (Wildman–Crippen LogP) is 4.63. The molecule has 1 atom stereocenters. The number of nitro benzene ring substituents is 1. The minimum atomic E-state index is -0.401. The summed E-state index contributed by atoms with van der Waals surface area (Å²) in [6, 6.07) is 22.4. The molecule has 1 saturated heterocycles. The van der Waals surface area contributed by atoms with E-state index in [1.165, 1.54) is 6.07 Å². The number of nitro groups is 1. The second-order valence-corrected chi connectivity index (χ2v) is 9.64. The number of benzene rings is 3. The number of ether oxygens (including phenoxy) is 2. The topological polar surface area (TPSA) is 110 Å². The van der Waals surface area contributed by atoms with Crippen LogP contribution in [0.25, 0.3) is 10.9 Å². The largest absolute Gasteiger partial charge is 0.489 e. The van der Waals surface area contributed by atoms with Crippen molar-refractivity contribution in [3.05, 3.63) is 106 Å². The molecule has 3 aromatic carbocycles. The average Bonchev–Trinajstić information content (AvgIpc) is 3.39. The van der Waals surface area contributed by atoms with Gasteiger partial charge in [-0.2, -0.15) is 0 Å². The number of hydrogen-bond acceptors (Lipinski definition) is 6. The van der Waals surface area contributed by atoms with Gasteiger partial charge in [-0.05, 0) is 34.9 Å². The van der Waals surface area contributed by atoms with E-state index in [1.54, 1.807) is 12.1 Å². The molecule has 0 saturated carbocycles. The number of carbonyl (C=O) groups excluding carboxylic acids is 1. The lowest BCUT2D eigenvalue weighted by atomic mass is 9.87. The van der Waals surface area contributed by atoms with Crippen LogP contribution in [0, 0.1) is 10.1 Å². The third-order valence-corrected chi connectivity index (χ3v) is 7.04. The van der Waals surface area contributed by atoms with Gasteiger partial charge in [0.05, 0.1) is 18.1 Å². The van der Waals surface area contributed by atoms with Crippen LogP contribution in [-0.4, -0.2) is 60.1 Å². The number of H-pyrrole nitrogens is 1. The minimum absolute atomic E-state index is 0.0111. The Morgan fingerprint density at radius 3 is 2.69 bits per heavy atom. The van der Waals surface area contributed by atoms with Gasteiger partial charge in [-0.3, -0.25) is 19.8 Å². The number of nitrogens with one attached hydrogen (secondary N) is 2. The summed E-state index contributed by atoms with van der Waals surface area (Å²) < 4.78 is 11.5. The van der Waals surface area contributed by atoms with E-state index in [0.29, 0.717) is 32.1 Å². The lowest BCUT2D eigenvalue weighted by Gasteiger charge is -2.26. The van der Waals surface area contributed by atoms with Gasteiger partial charge in [0.25, 0.3) is 5.69 Å². The van der Waals surface area contributed by atoms with E-state index >= 15 is 0 Å². The van der Waals surface area contributed by atoms with Crippen LogP contribution in [0.5, 0.6) is 5.75 Å². The van der Waals surface area contributed by atoms with Crippen molar-refractivity contribution in [2.75, 3.05) is 39.4 Å². The van der Waals surface area contributed by atoms with Crippen LogP contribution in [0.1, 0.15) is 29.0 Å². The molecule has 0 radical (unpaired) electrons. The standard InChI is InChI=1S/C30H32N4O5/c35-30(31-11-12-33-13-15-38-16-14-33)19-26(28-20-32-29-10-9-24(34(36)37)18-27(28)29)23-7-4-8-25(17-23)39-21-22-5-2-1-3-6-22/h1-10,17-18,20,26,32H,11-16,19,21H2,(H,31,35)/t26-/m1/s1. The molecule has 0 unspecified atom stereocenters. The van der Waals surface area contributed by atoms with Crippen molar-refractivity contribution >= 4 is 22.5 Å². The van der Waals surface area contributed by atoms with Gasteiger partial charge in [0.1, 0.15) is 12.4 Å². The smallest absolute Gasteiger partial charge is 0.270 e. The highest BCUT2D eigenvalue weighted by molar-refractivity contribution is 5.87. The maximum Gasteiger partial charge on any atom is 0.270 e. The van der Waals surface area contributed by atoms with E-state index < -0.39 is 4.92 Å². The highest BCUT2D eigenvalue weighted by Gasteiger charge is 2.23. The van der Waals surface area contributed by atoms with Crippen LogP contribution in [0.4, 0.5) is 5.69 Å². The Bertz CT molecular complexity index is 1420. The normalized spacial score (nSPS) is 14.7. The number of non-ortho nitro benzene ring substituents is 1. The monoisotopic (exact) mass is 528 g/mol. The molecule has 5 rings (SSSR count). The fraction of sp³-hybridized carbons (Fsp3) is 0.300. The van der Waals surface area contributed by atoms with Crippen molar-refractivity contribution in [1.29, 1.82) is 0 Å². The Kier molecular flexibility index (Phi) is 8.50. The average molecular weight is 529 g/mol. The summed E-state index contributed by atoms with van der Waals surface area (Å²) in [4.78, 5) is 29.7. The van der Waals surface area contributed by atoms with Crippen LogP contribution in [-0.2, 0) is 16.1 Å². The molecule has 39 heavy (non-hydrogen) atoms. The molecule has 202 valence electrons. The van der Waals surface area contributed by atoms with Gasteiger partial charge in [-0.15, -0.1) is 0 Å². The van der Waals surface area contributed by atoms with E-state index in [2.05, 4.69) is 15.2 Å². The number of aromatic nitrogens is 1. The number of fused-ring (bicyclic) bond motifs is 1. The number of carbonyl (C=O) groups is 1. The van der Waals surface area contributed by atoms with Gasteiger partial charge >= 0.3 is 0 Å². The SMILES string of the molecule is O=C(C[C@H](c1cccc(OCc2ccccc2)c1)c1c[nH]c2ccc([N+](=O)[O-])cc12)NCCN1CCOCC1. The van der Waals surface area contributed by atoms with E-state index in [4.69, 9.17) is 9.47 Å². The van der Waals surface area contributed by atoms with Crippen molar-refractivity contribution in [3.8, 4) is 5.75 Å². The van der Waals surface area contributed by atoms with Crippen LogP contribution < -0.4 is 10.1 Å². The van der Waals surface area contributed by atoms with Gasteiger partial charge in [0, 0.05) is 67.8 Å². The molecule has 0 spiro atoms. The Hall–Kier alpha value is -4.21. The molecule has 9 nitrogen and oxygen atoms in total. The van der Waals surface area contributed by atoms with Crippen molar-refractivity contribution < 1.29 is 19.2 Å². The number of aromatic amines is 1. The molecule has 0 aliphatic carbocycles. The van der Waals surface area contributed by atoms with Gasteiger partial charge in [0.15, 0.2) is 0 Å². The molecule has 9 heteroatoms. The molecular weight excluding hydrogens is 496 g/mol. The maximum atomic E-state index is 13.2. The third-order valence-electron chi connectivity index (χ3n) is 7.04. The summed E-state index contributed by atoms with van der Waals surface area (Å²) in [5.74, 6) is 0.285. The van der Waals surface area contributed by atoms with Crippen LogP contribution in [0.2, 0.25) is 0 Å². The summed E-state index contributed by atoms with van der Waals surface area (Å²) in [7, 11) is 0. The zero-order chi connectivity index (χ0) is 27.0. The molecule has 1 aliphatic rings. The van der Waals surface area contributed by atoms with Crippen molar-refractivity contribution in [3.63, 3.8) is 0 Å². The fourth-order valence-electron chi connectivity index (χ4n) is 4.94. The van der Waals surface area contributed by atoms with Gasteiger partial charge in [-0.25, -0.2) is 0 Å². The molecule has 1 amide bonds. The summed E-state index contributed by atoms with van der Waals surface area (Å²) in [5, 5.41) is 15.3. The first kappa shape index (κ1) is 26.4. The number of rotatable bonds is 11. The molecule has 1 fully saturated rings. The summed E-state index contributed by atoms with van der Waals surface area (Å²) in [5.41, 5.74) is 3.58. The number of morpholine rings is 1. The Morgan fingerprint density at radius 1 is 1.08 bits per heavy atom. The molecule has 1 aromatic heterocycles. The second-order valence-electron chi connectivity index (χ2n) is 9.64. The van der Waals surface area contributed by atoms with E-state index in [0.717, 1.165) is 47.2 Å². The lowest BCUT2D eigenvalue weighted by Crippen LogP contribution is -2.41. The van der Waals surface area contributed by atoms with Crippen molar-refractivity contribution in [2.24, 2.45) is 0 Å². The first-order valence-electron chi connectivity index (χ1n) is 13.2. The fourth-order valence-corrected chi connectivity index (χ4v) is 4.94. The third kappa shape index (κ3) is 6.81. The molecule has 0 bridgehead atoms. The van der Waals surface area contributed by atoms with Crippen LogP contribution >= 0.6 is 0 Å². The van der Waals surface area contributed by atoms with E-state index in [-0.39, 0.29) is 23.9 Å². The van der Waals surface area contributed by atoms with Crippen molar-refractivity contribution in [1.82, 2.24) is 15.2 Å². The second kappa shape index (κ2) is 12.6. The van der Waals surface area contributed by atoms with Crippen molar-refractivity contribution in [2.45, 2.75) is 18.9 Å². The quantitative estimate of drug-likeness (QED) is 0.217. The highest BCUT2D eigenvalue weighted by Crippen LogP contribution is 2.36. The minimum Gasteiger partial charge on any atom is -0.489 e. The van der Waals surface area contributed by atoms with Crippen LogP contribution in [0.3, 0.4) is 0 Å². The van der Waals surface area contributed by atoms with Gasteiger partial charge in [0.2, 0.25) is 5.91 Å². The molecule has 1 aliphatic heterocycles. The van der Waals surface area contributed by atoms with E-state index in [9.17, 15) is 14.9 Å². The summed E-state index contributed by atoms with van der Waals surface area (Å²) in [6.07, 6.45) is 2.04. The molecule has 2 heterocycles. The Balaban J connectivity index is 1.38. The molecular formula is C30H32N4O5. The van der Waals surface area contributed by atoms with Crippen LogP contribution in [0.15, 0.2) is 79.0 Å². The van der Waals surface area contributed by atoms with Gasteiger partial charge < -0.3 is 19.8 Å². The first-order chi connectivity index (χ1) is 19.1. The zero-order valence-electron chi connectivity index (χ0n) is 21.7. The first-order valence-corrected chi connectivity index (χ1v) is 13.2. The number of hydrogen-bond donors (Lipinski definition) is 2. The predicted molar refractivity (Wildman–Crippen MR) is 149 cm³/mol. The Labute approximate surface area is 226 Å². The Morgan fingerprint density at radius 2 is 1.90 bits per heavy atom. The molecule has 2 N–H and O–H groups in total. The summed E-state index contributed by atoms with van der Waals surface area (Å²) >= 11 is 0. The van der Waals surface area contributed by atoms with E-state index in [1.807, 2.05) is 60.8 Å². The molecule has 4 aromatic rings. The maximum absolute atomic E-state index is 13.2.